The van der Waals surface area contributed by atoms with Crippen molar-refractivity contribution in [2.45, 2.75) is 6.42 Å². The molecule has 2 aromatic rings. The largest absolute Gasteiger partial charge is 0.373 e. The number of nitrogens with one attached hydrogen (secondary N) is 2. The molecule has 0 radical (unpaired) electrons. The fourth-order valence-electron chi connectivity index (χ4n) is 1.58. The van der Waals surface area contributed by atoms with Gasteiger partial charge in [-0.2, -0.15) is 0 Å². The molecule has 1 amide bonds. The molecule has 0 saturated heterocycles. The second kappa shape index (κ2) is 6.54. The summed E-state index contributed by atoms with van der Waals surface area (Å²) in [6.45, 7) is 0.571. The molecule has 0 atom stereocenters. The van der Waals surface area contributed by atoms with Crippen molar-refractivity contribution in [3.05, 3.63) is 45.2 Å². The van der Waals surface area contributed by atoms with Gasteiger partial charge in [0, 0.05) is 18.5 Å². The average Bonchev–Trinajstić information content (AvgIpc) is 2.84. The van der Waals surface area contributed by atoms with E-state index in [0.29, 0.717) is 18.1 Å². The van der Waals surface area contributed by atoms with E-state index in [9.17, 15) is 4.79 Å². The second-order valence-electron chi connectivity index (χ2n) is 3.87. The number of amides is 1. The first kappa shape index (κ1) is 13.8. The highest BCUT2D eigenvalue weighted by Gasteiger charge is 2.07. The van der Waals surface area contributed by atoms with Crippen LogP contribution in [0.2, 0.25) is 4.34 Å². The zero-order chi connectivity index (χ0) is 13.7. The fraction of sp³-hybridized carbons (Fsp3) is 0.231. The summed E-state index contributed by atoms with van der Waals surface area (Å²) in [4.78, 5) is 17.2. The Morgan fingerprint density at radius 2 is 2.21 bits per heavy atom. The number of aromatic nitrogens is 1. The normalized spacial score (nSPS) is 10.2. The highest BCUT2D eigenvalue weighted by Crippen LogP contribution is 2.21. The Morgan fingerprint density at radius 3 is 2.89 bits per heavy atom. The summed E-state index contributed by atoms with van der Waals surface area (Å²) in [5, 5.41) is 5.75. The molecule has 0 saturated carbocycles. The van der Waals surface area contributed by atoms with Gasteiger partial charge in [-0.1, -0.05) is 17.7 Å². The summed E-state index contributed by atoms with van der Waals surface area (Å²) in [5.41, 5.74) is 0.413. The smallest absolute Gasteiger partial charge is 0.269 e. The number of carbonyl (C=O) groups excluding carboxylic acids is 1. The highest BCUT2D eigenvalue weighted by molar-refractivity contribution is 7.16. The summed E-state index contributed by atoms with van der Waals surface area (Å²) in [7, 11) is 1.77. The molecule has 0 aliphatic rings. The van der Waals surface area contributed by atoms with Crippen LogP contribution in [0.1, 0.15) is 15.4 Å². The van der Waals surface area contributed by atoms with E-state index in [2.05, 4.69) is 15.6 Å². The summed E-state index contributed by atoms with van der Waals surface area (Å²) in [5.74, 6) is 0.512. The third-order valence-corrected chi connectivity index (χ3v) is 3.81. The van der Waals surface area contributed by atoms with Crippen molar-refractivity contribution < 1.29 is 4.79 Å². The van der Waals surface area contributed by atoms with Crippen molar-refractivity contribution in [1.29, 1.82) is 0 Å². The molecule has 0 aromatic carbocycles. The standard InChI is InChI=1S/C13H14ClN3OS/c1-15-12-4-2-3-10(17-12)13(18)16-8-7-9-5-6-11(14)19-9/h2-6H,7-8H2,1H3,(H,15,17)(H,16,18). The van der Waals surface area contributed by atoms with Crippen LogP contribution in [-0.2, 0) is 6.42 Å². The number of pyridine rings is 1. The molecule has 0 bridgehead atoms. The molecule has 0 aliphatic heterocycles. The lowest BCUT2D eigenvalue weighted by Gasteiger charge is -2.05. The van der Waals surface area contributed by atoms with Crippen molar-refractivity contribution in [3.8, 4) is 0 Å². The van der Waals surface area contributed by atoms with Gasteiger partial charge in [-0.3, -0.25) is 4.79 Å². The van der Waals surface area contributed by atoms with E-state index in [-0.39, 0.29) is 5.91 Å². The zero-order valence-electron chi connectivity index (χ0n) is 10.4. The summed E-state index contributed by atoms with van der Waals surface area (Å²) in [6.07, 6.45) is 0.773. The maximum Gasteiger partial charge on any atom is 0.269 e. The van der Waals surface area contributed by atoms with Crippen molar-refractivity contribution in [2.75, 3.05) is 18.9 Å². The van der Waals surface area contributed by atoms with Gasteiger partial charge in [0.05, 0.1) is 4.34 Å². The van der Waals surface area contributed by atoms with Crippen LogP contribution in [0.3, 0.4) is 0 Å². The van der Waals surface area contributed by atoms with Crippen LogP contribution < -0.4 is 10.6 Å². The number of nitrogens with zero attached hydrogens (tertiary/aromatic N) is 1. The molecule has 2 N–H and O–H groups in total. The number of halogens is 1. The van der Waals surface area contributed by atoms with Gasteiger partial charge in [-0.05, 0) is 30.7 Å². The number of rotatable bonds is 5. The Bertz CT molecular complexity index is 571. The quantitative estimate of drug-likeness (QED) is 0.892. The molecule has 4 nitrogen and oxygen atoms in total. The van der Waals surface area contributed by atoms with Gasteiger partial charge in [0.2, 0.25) is 0 Å². The number of hydrogen-bond donors (Lipinski definition) is 2. The van der Waals surface area contributed by atoms with Crippen LogP contribution in [0.15, 0.2) is 30.3 Å². The highest BCUT2D eigenvalue weighted by atomic mass is 35.5. The molecule has 0 aliphatic carbocycles. The molecular formula is C13H14ClN3OS. The topological polar surface area (TPSA) is 54.0 Å². The predicted octanol–water partition coefficient (Wildman–Crippen LogP) is 2.81. The lowest BCUT2D eigenvalue weighted by Crippen LogP contribution is -2.26. The Kier molecular flexibility index (Phi) is 4.76. The van der Waals surface area contributed by atoms with E-state index >= 15 is 0 Å². The molecule has 6 heteroatoms. The Hall–Kier alpha value is -1.59. The molecular weight excluding hydrogens is 282 g/mol. The van der Waals surface area contributed by atoms with Crippen LogP contribution >= 0.6 is 22.9 Å². The minimum absolute atomic E-state index is 0.167. The molecule has 0 fully saturated rings. The SMILES string of the molecule is CNc1cccc(C(=O)NCCc2ccc(Cl)s2)n1. The first-order valence-electron chi connectivity index (χ1n) is 5.86. The van der Waals surface area contributed by atoms with E-state index < -0.39 is 0 Å². The van der Waals surface area contributed by atoms with Crippen LogP contribution in [0.5, 0.6) is 0 Å². The van der Waals surface area contributed by atoms with Gasteiger partial charge in [0.15, 0.2) is 0 Å². The fourth-order valence-corrected chi connectivity index (χ4v) is 2.66. The van der Waals surface area contributed by atoms with Crippen molar-refractivity contribution in [3.63, 3.8) is 0 Å². The second-order valence-corrected chi connectivity index (χ2v) is 5.67. The molecule has 0 spiro atoms. The number of thiophene rings is 1. The Balaban J connectivity index is 1.87. The number of anilines is 1. The molecule has 2 rings (SSSR count). The lowest BCUT2D eigenvalue weighted by molar-refractivity contribution is 0.0949. The maximum absolute atomic E-state index is 11.9. The average molecular weight is 296 g/mol. The maximum atomic E-state index is 11.9. The molecule has 2 heterocycles. The van der Waals surface area contributed by atoms with Gasteiger partial charge in [0.25, 0.3) is 5.91 Å². The van der Waals surface area contributed by atoms with E-state index in [1.807, 2.05) is 18.2 Å². The third-order valence-electron chi connectivity index (χ3n) is 2.52. The minimum Gasteiger partial charge on any atom is -0.373 e. The van der Waals surface area contributed by atoms with Crippen molar-refractivity contribution >= 4 is 34.7 Å². The summed E-state index contributed by atoms with van der Waals surface area (Å²) < 4.78 is 0.768. The molecule has 0 unspecified atom stereocenters. The van der Waals surface area contributed by atoms with Crippen LogP contribution in [0, 0.1) is 0 Å². The van der Waals surface area contributed by atoms with Gasteiger partial charge in [0.1, 0.15) is 11.5 Å². The van der Waals surface area contributed by atoms with Gasteiger partial charge < -0.3 is 10.6 Å². The zero-order valence-corrected chi connectivity index (χ0v) is 12.0. The number of carbonyl (C=O) groups is 1. The third kappa shape index (κ3) is 3.94. The van der Waals surface area contributed by atoms with E-state index in [0.717, 1.165) is 15.6 Å². The van der Waals surface area contributed by atoms with Crippen molar-refractivity contribution in [2.24, 2.45) is 0 Å². The predicted molar refractivity (Wildman–Crippen MR) is 79.1 cm³/mol. The van der Waals surface area contributed by atoms with Gasteiger partial charge >= 0.3 is 0 Å². The van der Waals surface area contributed by atoms with Crippen LogP contribution in [0.25, 0.3) is 0 Å². The molecule has 19 heavy (non-hydrogen) atoms. The summed E-state index contributed by atoms with van der Waals surface area (Å²) >= 11 is 7.38. The minimum atomic E-state index is -0.167. The summed E-state index contributed by atoms with van der Waals surface area (Å²) in [6, 6.07) is 9.13. The van der Waals surface area contributed by atoms with Gasteiger partial charge in [-0.25, -0.2) is 4.98 Å². The monoisotopic (exact) mass is 295 g/mol. The molecule has 2 aromatic heterocycles. The number of hydrogen-bond acceptors (Lipinski definition) is 4. The lowest BCUT2D eigenvalue weighted by atomic mass is 10.3. The first-order valence-corrected chi connectivity index (χ1v) is 7.05. The first-order chi connectivity index (χ1) is 9.19. The Labute approximate surface area is 120 Å². The Morgan fingerprint density at radius 1 is 1.37 bits per heavy atom. The van der Waals surface area contributed by atoms with Crippen LogP contribution in [0.4, 0.5) is 5.82 Å². The van der Waals surface area contributed by atoms with E-state index in [4.69, 9.17) is 11.6 Å². The van der Waals surface area contributed by atoms with Crippen LogP contribution in [-0.4, -0.2) is 24.5 Å². The van der Waals surface area contributed by atoms with E-state index in [1.54, 1.807) is 19.2 Å². The molecule has 100 valence electrons. The van der Waals surface area contributed by atoms with Crippen molar-refractivity contribution in [1.82, 2.24) is 10.3 Å². The van der Waals surface area contributed by atoms with E-state index in [1.165, 1.54) is 11.3 Å². The van der Waals surface area contributed by atoms with Gasteiger partial charge in [-0.15, -0.1) is 11.3 Å².